The molecule has 0 atom stereocenters. The number of amides is 1. The maximum atomic E-state index is 12.7. The summed E-state index contributed by atoms with van der Waals surface area (Å²) in [5.74, 6) is 1.72. The fraction of sp³-hybridized carbons (Fsp3) is 0.125. The van der Waals surface area contributed by atoms with Crippen molar-refractivity contribution in [1.29, 1.82) is 0 Å². The highest BCUT2D eigenvalue weighted by molar-refractivity contribution is 6.03. The Balaban J connectivity index is 1.29. The average Bonchev–Trinajstić information content (AvgIpc) is 3.32. The molecule has 5 rings (SSSR count). The van der Waals surface area contributed by atoms with Crippen LogP contribution in [0.25, 0.3) is 11.3 Å². The van der Waals surface area contributed by atoms with E-state index in [1.54, 1.807) is 18.6 Å². The highest BCUT2D eigenvalue weighted by Crippen LogP contribution is 2.34. The maximum absolute atomic E-state index is 12.7. The number of anilines is 1. The molecule has 1 N–H and O–H groups in total. The van der Waals surface area contributed by atoms with E-state index < -0.39 is 0 Å². The molecule has 0 saturated carbocycles. The molecule has 0 aliphatic carbocycles. The summed E-state index contributed by atoms with van der Waals surface area (Å²) in [7, 11) is 0. The van der Waals surface area contributed by atoms with E-state index in [1.165, 1.54) is 0 Å². The van der Waals surface area contributed by atoms with Crippen LogP contribution in [0.5, 0.6) is 11.5 Å². The Morgan fingerprint density at radius 1 is 1.00 bits per heavy atom. The van der Waals surface area contributed by atoms with Gasteiger partial charge in [0.05, 0.1) is 12.0 Å². The normalized spacial score (nSPS) is 12.4. The van der Waals surface area contributed by atoms with E-state index in [-0.39, 0.29) is 5.91 Å². The van der Waals surface area contributed by atoms with Crippen LogP contribution >= 0.6 is 0 Å². The second-order valence-corrected chi connectivity index (χ2v) is 7.15. The van der Waals surface area contributed by atoms with E-state index in [0.29, 0.717) is 36.9 Å². The summed E-state index contributed by atoms with van der Waals surface area (Å²) in [6, 6.07) is 18.7. The van der Waals surface area contributed by atoms with Gasteiger partial charge in [-0.3, -0.25) is 4.79 Å². The van der Waals surface area contributed by atoms with Crippen molar-refractivity contribution in [3.8, 4) is 22.8 Å². The van der Waals surface area contributed by atoms with E-state index >= 15 is 0 Å². The van der Waals surface area contributed by atoms with Crippen molar-refractivity contribution in [2.24, 2.45) is 0 Å². The first-order valence-electron chi connectivity index (χ1n) is 9.98. The van der Waals surface area contributed by atoms with Gasteiger partial charge < -0.3 is 19.4 Å². The first-order valence-corrected chi connectivity index (χ1v) is 9.98. The Hall–Kier alpha value is -4.13. The van der Waals surface area contributed by atoms with Crippen LogP contribution in [-0.4, -0.2) is 33.7 Å². The summed E-state index contributed by atoms with van der Waals surface area (Å²) in [6.45, 7) is 1.79. The van der Waals surface area contributed by atoms with Crippen molar-refractivity contribution in [2.75, 3.05) is 18.5 Å². The molecule has 31 heavy (non-hydrogen) atoms. The maximum Gasteiger partial charge on any atom is 0.256 e. The molecule has 3 heterocycles. The van der Waals surface area contributed by atoms with E-state index in [4.69, 9.17) is 9.47 Å². The highest BCUT2D eigenvalue weighted by Gasteiger charge is 2.14. The van der Waals surface area contributed by atoms with Crippen LogP contribution in [0.2, 0.25) is 0 Å². The standard InChI is InChI=1S/C24H20N4O3/c29-24(18-6-4-17(5-7-18)15-28-11-10-25-16-28)27-23-3-1-2-20(26-23)19-8-9-21-22(14-19)31-13-12-30-21/h1-11,14,16H,12-13,15H2,(H,26,27,29). The van der Waals surface area contributed by atoms with Gasteiger partial charge in [0, 0.05) is 30.1 Å². The molecule has 7 heteroatoms. The molecule has 0 unspecified atom stereocenters. The quantitative estimate of drug-likeness (QED) is 0.536. The lowest BCUT2D eigenvalue weighted by Gasteiger charge is -2.18. The van der Waals surface area contributed by atoms with Crippen LogP contribution in [0.1, 0.15) is 15.9 Å². The summed E-state index contributed by atoms with van der Waals surface area (Å²) in [5.41, 5.74) is 3.30. The van der Waals surface area contributed by atoms with Gasteiger partial charge in [0.25, 0.3) is 5.91 Å². The number of nitrogens with zero attached hydrogens (tertiary/aromatic N) is 3. The highest BCUT2D eigenvalue weighted by atomic mass is 16.6. The smallest absolute Gasteiger partial charge is 0.256 e. The van der Waals surface area contributed by atoms with E-state index in [1.807, 2.05) is 65.4 Å². The third kappa shape index (κ3) is 4.25. The Bertz CT molecular complexity index is 1200. The van der Waals surface area contributed by atoms with Crippen molar-refractivity contribution in [1.82, 2.24) is 14.5 Å². The van der Waals surface area contributed by atoms with E-state index in [9.17, 15) is 4.79 Å². The van der Waals surface area contributed by atoms with Crippen LogP contribution in [0.3, 0.4) is 0 Å². The van der Waals surface area contributed by atoms with E-state index in [2.05, 4.69) is 15.3 Å². The third-order valence-electron chi connectivity index (χ3n) is 4.97. The number of rotatable bonds is 5. The lowest BCUT2D eigenvalue weighted by molar-refractivity contribution is 0.102. The molecule has 0 fully saturated rings. The lowest BCUT2D eigenvalue weighted by Crippen LogP contribution is -2.15. The Morgan fingerprint density at radius 3 is 2.65 bits per heavy atom. The zero-order valence-corrected chi connectivity index (χ0v) is 16.7. The van der Waals surface area contributed by atoms with Gasteiger partial charge >= 0.3 is 0 Å². The molecule has 4 aromatic rings. The van der Waals surface area contributed by atoms with Crippen LogP contribution in [-0.2, 0) is 6.54 Å². The topological polar surface area (TPSA) is 78.3 Å². The fourth-order valence-electron chi connectivity index (χ4n) is 3.41. The minimum absolute atomic E-state index is 0.207. The van der Waals surface area contributed by atoms with Gasteiger partial charge in [0.1, 0.15) is 19.0 Å². The zero-order valence-electron chi connectivity index (χ0n) is 16.7. The number of pyridine rings is 1. The van der Waals surface area contributed by atoms with Crippen molar-refractivity contribution >= 4 is 11.7 Å². The summed E-state index contributed by atoms with van der Waals surface area (Å²) in [4.78, 5) is 21.3. The van der Waals surface area contributed by atoms with Gasteiger partial charge in [-0.2, -0.15) is 0 Å². The molecule has 2 aromatic heterocycles. The Kier molecular flexibility index (Phi) is 5.06. The minimum Gasteiger partial charge on any atom is -0.486 e. The summed E-state index contributed by atoms with van der Waals surface area (Å²) in [6.07, 6.45) is 5.41. The van der Waals surface area contributed by atoms with Crippen molar-refractivity contribution in [3.05, 3.63) is 90.5 Å². The minimum atomic E-state index is -0.207. The first kappa shape index (κ1) is 18.9. The SMILES string of the molecule is O=C(Nc1cccc(-c2ccc3c(c2)OCCO3)n1)c1ccc(Cn2ccnc2)cc1. The molecule has 1 aliphatic rings. The number of ether oxygens (including phenoxy) is 2. The van der Waals surface area contributed by atoms with Crippen molar-refractivity contribution < 1.29 is 14.3 Å². The van der Waals surface area contributed by atoms with Crippen molar-refractivity contribution in [2.45, 2.75) is 6.54 Å². The molecule has 0 spiro atoms. The van der Waals surface area contributed by atoms with Gasteiger partial charge in [0.2, 0.25) is 0 Å². The number of aromatic nitrogens is 3. The number of nitrogens with one attached hydrogen (secondary N) is 1. The number of hydrogen-bond donors (Lipinski definition) is 1. The summed E-state index contributed by atoms with van der Waals surface area (Å²) < 4.78 is 13.2. The molecule has 7 nitrogen and oxygen atoms in total. The molecular formula is C24H20N4O3. The molecule has 0 bridgehead atoms. The molecule has 154 valence electrons. The molecular weight excluding hydrogens is 392 g/mol. The Labute approximate surface area is 179 Å². The van der Waals surface area contributed by atoms with Gasteiger partial charge in [0.15, 0.2) is 11.5 Å². The van der Waals surface area contributed by atoms with Crippen LogP contribution in [0.15, 0.2) is 79.4 Å². The predicted molar refractivity (Wildman–Crippen MR) is 116 cm³/mol. The monoisotopic (exact) mass is 412 g/mol. The second-order valence-electron chi connectivity index (χ2n) is 7.15. The molecule has 1 amide bonds. The van der Waals surface area contributed by atoms with Crippen molar-refractivity contribution in [3.63, 3.8) is 0 Å². The first-order chi connectivity index (χ1) is 15.2. The average molecular weight is 412 g/mol. The van der Waals surface area contributed by atoms with Gasteiger partial charge in [-0.25, -0.2) is 9.97 Å². The largest absolute Gasteiger partial charge is 0.486 e. The van der Waals surface area contributed by atoms with Gasteiger partial charge in [-0.05, 0) is 48.0 Å². The summed E-state index contributed by atoms with van der Waals surface area (Å²) >= 11 is 0. The van der Waals surface area contributed by atoms with E-state index in [0.717, 1.165) is 22.6 Å². The predicted octanol–water partition coefficient (Wildman–Crippen LogP) is 4.02. The number of fused-ring (bicyclic) bond motifs is 1. The number of carbonyl (C=O) groups is 1. The second kappa shape index (κ2) is 8.31. The lowest BCUT2D eigenvalue weighted by atomic mass is 10.1. The van der Waals surface area contributed by atoms with Gasteiger partial charge in [-0.1, -0.05) is 18.2 Å². The molecule has 0 saturated heterocycles. The van der Waals surface area contributed by atoms with Crippen LogP contribution in [0, 0.1) is 0 Å². The fourth-order valence-corrected chi connectivity index (χ4v) is 3.41. The third-order valence-corrected chi connectivity index (χ3v) is 4.97. The molecule has 1 aliphatic heterocycles. The zero-order chi connectivity index (χ0) is 21.0. The number of imidazole rings is 1. The number of hydrogen-bond acceptors (Lipinski definition) is 5. The summed E-state index contributed by atoms with van der Waals surface area (Å²) in [5, 5.41) is 2.87. The number of benzene rings is 2. The number of carbonyl (C=O) groups excluding carboxylic acids is 1. The van der Waals surface area contributed by atoms with Gasteiger partial charge in [-0.15, -0.1) is 0 Å². The van der Waals surface area contributed by atoms with Crippen LogP contribution in [0.4, 0.5) is 5.82 Å². The molecule has 0 radical (unpaired) electrons. The molecule has 2 aromatic carbocycles. The Morgan fingerprint density at radius 2 is 1.84 bits per heavy atom. The van der Waals surface area contributed by atoms with Crippen LogP contribution < -0.4 is 14.8 Å².